The van der Waals surface area contributed by atoms with Crippen LogP contribution in [0.3, 0.4) is 0 Å². The second-order valence-electron chi connectivity index (χ2n) is 5.74. The molecule has 0 fully saturated rings. The zero-order valence-electron chi connectivity index (χ0n) is 13.1. The van der Waals surface area contributed by atoms with Gasteiger partial charge in [-0.25, -0.2) is 0 Å². The maximum Gasteiger partial charge on any atom is 0.0544 e. The zero-order valence-corrected chi connectivity index (χ0v) is 13.1. The van der Waals surface area contributed by atoms with Gasteiger partial charge in [-0.15, -0.1) is 0 Å². The van der Waals surface area contributed by atoms with Crippen LogP contribution in [0.4, 0.5) is 0 Å². The second kappa shape index (κ2) is 7.19. The summed E-state index contributed by atoms with van der Waals surface area (Å²) >= 11 is 0. The van der Waals surface area contributed by atoms with Gasteiger partial charge in [-0.1, -0.05) is 48.0 Å². The van der Waals surface area contributed by atoms with E-state index in [1.807, 2.05) is 6.21 Å². The van der Waals surface area contributed by atoms with Crippen LogP contribution in [0.25, 0.3) is 0 Å². The maximum absolute atomic E-state index is 6.22. The fraction of sp³-hybridized carbons (Fsp3) is 0.316. The average Bonchev–Trinajstić information content (AvgIpc) is 2.45. The quantitative estimate of drug-likeness (QED) is 0.835. The molecule has 0 aromatic heterocycles. The lowest BCUT2D eigenvalue weighted by Crippen LogP contribution is -2.27. The highest BCUT2D eigenvalue weighted by Crippen LogP contribution is 2.15. The Morgan fingerprint density at radius 2 is 1.62 bits per heavy atom. The molecule has 2 N–H and O–H groups in total. The number of aryl methyl sites for hydroxylation is 3. The Balaban J connectivity index is 1.93. The molecule has 2 aromatic carbocycles. The van der Waals surface area contributed by atoms with Gasteiger partial charge in [0.1, 0.15) is 0 Å². The molecule has 110 valence electrons. The van der Waals surface area contributed by atoms with Gasteiger partial charge in [0.2, 0.25) is 0 Å². The third-order valence-corrected chi connectivity index (χ3v) is 3.77. The molecule has 2 nitrogen and oxygen atoms in total. The molecule has 0 saturated heterocycles. The normalized spacial score (nSPS) is 12.8. The van der Waals surface area contributed by atoms with Crippen molar-refractivity contribution in [3.8, 4) is 0 Å². The van der Waals surface area contributed by atoms with Crippen molar-refractivity contribution in [3.05, 3.63) is 70.3 Å². The SMILES string of the molecule is Cc1ccc(C=NCC(N)Cc2c(C)cccc2C)cc1. The van der Waals surface area contributed by atoms with Crippen molar-refractivity contribution in [1.82, 2.24) is 0 Å². The minimum absolute atomic E-state index is 0.0616. The van der Waals surface area contributed by atoms with Crippen LogP contribution in [0.2, 0.25) is 0 Å². The Morgan fingerprint density at radius 1 is 1.00 bits per heavy atom. The van der Waals surface area contributed by atoms with Crippen molar-refractivity contribution in [1.29, 1.82) is 0 Å². The molecule has 1 atom stereocenters. The highest BCUT2D eigenvalue weighted by molar-refractivity contribution is 5.79. The zero-order chi connectivity index (χ0) is 15.2. The predicted molar refractivity (Wildman–Crippen MR) is 91.2 cm³/mol. The van der Waals surface area contributed by atoms with Crippen molar-refractivity contribution in [3.63, 3.8) is 0 Å². The molecule has 0 aliphatic heterocycles. The van der Waals surface area contributed by atoms with E-state index >= 15 is 0 Å². The van der Waals surface area contributed by atoms with Gasteiger partial charge < -0.3 is 5.73 Å². The van der Waals surface area contributed by atoms with E-state index in [9.17, 15) is 0 Å². The van der Waals surface area contributed by atoms with Gasteiger partial charge in [-0.2, -0.15) is 0 Å². The van der Waals surface area contributed by atoms with E-state index in [0.29, 0.717) is 6.54 Å². The Labute approximate surface area is 127 Å². The predicted octanol–water partition coefficient (Wildman–Crippen LogP) is 3.60. The van der Waals surface area contributed by atoms with Crippen molar-refractivity contribution < 1.29 is 0 Å². The lowest BCUT2D eigenvalue weighted by Gasteiger charge is -2.13. The average molecular weight is 280 g/mol. The van der Waals surface area contributed by atoms with Crippen LogP contribution in [0.1, 0.15) is 27.8 Å². The molecule has 1 unspecified atom stereocenters. The number of nitrogens with zero attached hydrogens (tertiary/aromatic N) is 1. The van der Waals surface area contributed by atoms with E-state index in [-0.39, 0.29) is 6.04 Å². The molecule has 0 saturated carbocycles. The van der Waals surface area contributed by atoms with Gasteiger partial charge in [0.05, 0.1) is 6.54 Å². The van der Waals surface area contributed by atoms with Crippen LogP contribution in [0.5, 0.6) is 0 Å². The van der Waals surface area contributed by atoms with Gasteiger partial charge in [0, 0.05) is 12.3 Å². The molecule has 0 spiro atoms. The minimum Gasteiger partial charge on any atom is -0.326 e. The molecule has 2 aromatic rings. The fourth-order valence-electron chi connectivity index (χ4n) is 2.44. The lowest BCUT2D eigenvalue weighted by atomic mass is 9.97. The summed E-state index contributed by atoms with van der Waals surface area (Å²) in [5.74, 6) is 0. The Kier molecular flexibility index (Phi) is 5.29. The number of rotatable bonds is 5. The van der Waals surface area contributed by atoms with Crippen LogP contribution in [0, 0.1) is 20.8 Å². The highest BCUT2D eigenvalue weighted by atomic mass is 14.8. The molecule has 0 aliphatic carbocycles. The summed E-state index contributed by atoms with van der Waals surface area (Å²) < 4.78 is 0. The molecule has 0 aliphatic rings. The van der Waals surface area contributed by atoms with E-state index in [1.165, 1.54) is 22.3 Å². The lowest BCUT2D eigenvalue weighted by molar-refractivity contribution is 0.676. The molecule has 21 heavy (non-hydrogen) atoms. The van der Waals surface area contributed by atoms with Gasteiger partial charge in [0.25, 0.3) is 0 Å². The highest BCUT2D eigenvalue weighted by Gasteiger charge is 2.07. The summed E-state index contributed by atoms with van der Waals surface area (Å²) in [7, 11) is 0. The van der Waals surface area contributed by atoms with E-state index in [0.717, 1.165) is 12.0 Å². The minimum atomic E-state index is 0.0616. The topological polar surface area (TPSA) is 38.4 Å². The fourth-order valence-corrected chi connectivity index (χ4v) is 2.44. The summed E-state index contributed by atoms with van der Waals surface area (Å²) in [6.45, 7) is 7.03. The first-order valence-electron chi connectivity index (χ1n) is 7.43. The summed E-state index contributed by atoms with van der Waals surface area (Å²) in [4.78, 5) is 4.48. The van der Waals surface area contributed by atoms with Crippen LogP contribution in [-0.2, 0) is 6.42 Å². The number of nitrogens with two attached hydrogens (primary N) is 1. The van der Waals surface area contributed by atoms with E-state index in [1.54, 1.807) is 0 Å². The third kappa shape index (κ3) is 4.54. The third-order valence-electron chi connectivity index (χ3n) is 3.77. The standard InChI is InChI=1S/C19H24N2/c1-14-7-9-17(10-8-14)12-21-13-18(20)11-19-15(2)5-4-6-16(19)3/h4-10,12,18H,11,13,20H2,1-3H3. The molecule has 0 amide bonds. The van der Waals surface area contributed by atoms with Gasteiger partial charge in [-0.05, 0) is 49.4 Å². The smallest absolute Gasteiger partial charge is 0.0544 e. The molecule has 2 heteroatoms. The molecular weight excluding hydrogens is 256 g/mol. The van der Waals surface area contributed by atoms with Crippen LogP contribution >= 0.6 is 0 Å². The Bertz CT molecular complexity index is 592. The van der Waals surface area contributed by atoms with E-state index in [2.05, 4.69) is 68.2 Å². The van der Waals surface area contributed by atoms with Gasteiger partial charge >= 0.3 is 0 Å². The van der Waals surface area contributed by atoms with Gasteiger partial charge in [0.15, 0.2) is 0 Å². The summed E-state index contributed by atoms with van der Waals surface area (Å²) in [6, 6.07) is 14.8. The molecular formula is C19H24N2. The van der Waals surface area contributed by atoms with Crippen molar-refractivity contribution in [2.24, 2.45) is 10.7 Å². The van der Waals surface area contributed by atoms with E-state index in [4.69, 9.17) is 5.73 Å². The van der Waals surface area contributed by atoms with Crippen molar-refractivity contribution >= 4 is 6.21 Å². The van der Waals surface area contributed by atoms with Crippen LogP contribution in [0.15, 0.2) is 47.5 Å². The van der Waals surface area contributed by atoms with Crippen LogP contribution in [-0.4, -0.2) is 18.8 Å². The molecule has 0 heterocycles. The van der Waals surface area contributed by atoms with E-state index < -0.39 is 0 Å². The Hall–Kier alpha value is -1.93. The first-order chi connectivity index (χ1) is 10.1. The van der Waals surface area contributed by atoms with Gasteiger partial charge in [-0.3, -0.25) is 4.99 Å². The number of aliphatic imine (C=N–C) groups is 1. The number of benzene rings is 2. The van der Waals surface area contributed by atoms with Crippen molar-refractivity contribution in [2.75, 3.05) is 6.54 Å². The number of hydrogen-bond acceptors (Lipinski definition) is 2. The Morgan fingerprint density at radius 3 is 2.24 bits per heavy atom. The molecule has 2 rings (SSSR count). The monoisotopic (exact) mass is 280 g/mol. The first-order valence-corrected chi connectivity index (χ1v) is 7.43. The first kappa shape index (κ1) is 15.5. The number of hydrogen-bond donors (Lipinski definition) is 1. The summed E-state index contributed by atoms with van der Waals surface area (Å²) in [5.41, 5.74) is 12.6. The summed E-state index contributed by atoms with van der Waals surface area (Å²) in [5, 5.41) is 0. The molecule has 0 radical (unpaired) electrons. The second-order valence-corrected chi connectivity index (χ2v) is 5.74. The molecule has 0 bridgehead atoms. The largest absolute Gasteiger partial charge is 0.326 e. The summed E-state index contributed by atoms with van der Waals surface area (Å²) in [6.07, 6.45) is 2.79. The van der Waals surface area contributed by atoms with Crippen molar-refractivity contribution in [2.45, 2.75) is 33.2 Å². The maximum atomic E-state index is 6.22. The van der Waals surface area contributed by atoms with Crippen LogP contribution < -0.4 is 5.73 Å².